The van der Waals surface area contributed by atoms with Gasteiger partial charge in [-0.15, -0.1) is 0 Å². The van der Waals surface area contributed by atoms with E-state index in [-0.39, 0.29) is 10.9 Å². The minimum Gasteiger partial charge on any atom is -0.399 e. The maximum atomic E-state index is 12.6. The predicted molar refractivity (Wildman–Crippen MR) is 78.7 cm³/mol. The van der Waals surface area contributed by atoms with Crippen molar-refractivity contribution >= 4 is 21.7 Å². The topological polar surface area (TPSA) is 113 Å². The van der Waals surface area contributed by atoms with E-state index in [1.54, 1.807) is 0 Å². The molecule has 1 aliphatic carbocycles. The molecule has 2 rings (SSSR count). The molecule has 0 unspecified atom stereocenters. The van der Waals surface area contributed by atoms with Gasteiger partial charge in [-0.2, -0.15) is 0 Å². The molecule has 110 valence electrons. The Labute approximate surface area is 119 Å². The number of nitrogens with zero attached hydrogens (tertiary/aromatic N) is 1. The van der Waals surface area contributed by atoms with Crippen LogP contribution in [0, 0.1) is 5.41 Å². The predicted octanol–water partition coefficient (Wildman–Crippen LogP) is 1.49. The zero-order chi connectivity index (χ0) is 14.8. The lowest BCUT2D eigenvalue weighted by molar-refractivity contribution is 0.322. The van der Waals surface area contributed by atoms with E-state index in [4.69, 9.17) is 16.9 Å². The SMILES string of the molecule is N=C(N)N(C1CCCCC1)S(=O)(=O)c1ccc(N)cc1. The fourth-order valence-corrected chi connectivity index (χ4v) is 4.16. The molecule has 0 aliphatic heterocycles. The van der Waals surface area contributed by atoms with E-state index in [1.807, 2.05) is 0 Å². The van der Waals surface area contributed by atoms with Gasteiger partial charge in [0, 0.05) is 11.7 Å². The number of anilines is 1. The minimum atomic E-state index is -3.79. The van der Waals surface area contributed by atoms with Crippen LogP contribution in [0.4, 0.5) is 5.69 Å². The summed E-state index contributed by atoms with van der Waals surface area (Å²) < 4.78 is 26.4. The third kappa shape index (κ3) is 2.87. The van der Waals surface area contributed by atoms with Gasteiger partial charge in [0.1, 0.15) is 0 Å². The molecule has 1 fully saturated rings. The molecule has 0 heterocycles. The molecule has 20 heavy (non-hydrogen) atoms. The summed E-state index contributed by atoms with van der Waals surface area (Å²) in [4.78, 5) is 0.118. The van der Waals surface area contributed by atoms with Gasteiger partial charge in [-0.05, 0) is 37.1 Å². The number of guanidine groups is 1. The molecule has 0 bridgehead atoms. The summed E-state index contributed by atoms with van der Waals surface area (Å²) >= 11 is 0. The van der Waals surface area contributed by atoms with Gasteiger partial charge in [-0.25, -0.2) is 12.7 Å². The molecule has 0 aromatic heterocycles. The molecular formula is C13H20N4O2S. The average Bonchev–Trinajstić information content (AvgIpc) is 2.39. The van der Waals surface area contributed by atoms with Gasteiger partial charge in [0.25, 0.3) is 10.0 Å². The van der Waals surface area contributed by atoms with Crippen LogP contribution in [0.5, 0.6) is 0 Å². The lowest BCUT2D eigenvalue weighted by Gasteiger charge is -2.33. The van der Waals surface area contributed by atoms with Crippen LogP contribution < -0.4 is 11.5 Å². The Morgan fingerprint density at radius 3 is 2.20 bits per heavy atom. The maximum absolute atomic E-state index is 12.6. The van der Waals surface area contributed by atoms with Crippen LogP contribution in [0.1, 0.15) is 32.1 Å². The number of hydrogen-bond acceptors (Lipinski definition) is 4. The van der Waals surface area contributed by atoms with Crippen molar-refractivity contribution in [1.29, 1.82) is 5.41 Å². The Balaban J connectivity index is 2.36. The Hall–Kier alpha value is -1.76. The molecule has 0 amide bonds. The third-order valence-corrected chi connectivity index (χ3v) is 5.46. The van der Waals surface area contributed by atoms with Crippen molar-refractivity contribution in [2.24, 2.45) is 5.73 Å². The van der Waals surface area contributed by atoms with Crippen LogP contribution in [0.2, 0.25) is 0 Å². The lowest BCUT2D eigenvalue weighted by atomic mass is 9.96. The van der Waals surface area contributed by atoms with Gasteiger partial charge in [0.05, 0.1) is 4.90 Å². The molecule has 6 nitrogen and oxygen atoms in total. The van der Waals surface area contributed by atoms with Crippen LogP contribution >= 0.6 is 0 Å². The summed E-state index contributed by atoms with van der Waals surface area (Å²) in [6, 6.07) is 5.74. The molecule has 0 atom stereocenters. The van der Waals surface area contributed by atoms with Crippen molar-refractivity contribution in [3.05, 3.63) is 24.3 Å². The van der Waals surface area contributed by atoms with Crippen LogP contribution in [0.25, 0.3) is 0 Å². The largest absolute Gasteiger partial charge is 0.399 e. The van der Waals surface area contributed by atoms with Crippen LogP contribution in [-0.4, -0.2) is 24.7 Å². The average molecular weight is 296 g/mol. The molecule has 1 aromatic carbocycles. The van der Waals surface area contributed by atoms with Crippen molar-refractivity contribution < 1.29 is 8.42 Å². The smallest absolute Gasteiger partial charge is 0.266 e. The van der Waals surface area contributed by atoms with E-state index in [0.29, 0.717) is 5.69 Å². The summed E-state index contributed by atoms with van der Waals surface area (Å²) in [5.41, 5.74) is 11.6. The highest BCUT2D eigenvalue weighted by Crippen LogP contribution is 2.27. The second-order valence-electron chi connectivity index (χ2n) is 5.05. The summed E-state index contributed by atoms with van der Waals surface area (Å²) in [5, 5.41) is 7.63. The highest BCUT2D eigenvalue weighted by molar-refractivity contribution is 7.89. The summed E-state index contributed by atoms with van der Waals surface area (Å²) in [7, 11) is -3.79. The highest BCUT2D eigenvalue weighted by atomic mass is 32.2. The van der Waals surface area contributed by atoms with Crippen molar-refractivity contribution in [3.63, 3.8) is 0 Å². The molecule has 5 N–H and O–H groups in total. The van der Waals surface area contributed by atoms with E-state index in [2.05, 4.69) is 0 Å². The zero-order valence-electron chi connectivity index (χ0n) is 11.2. The Bertz CT molecular complexity index is 577. The van der Waals surface area contributed by atoms with Gasteiger partial charge >= 0.3 is 0 Å². The maximum Gasteiger partial charge on any atom is 0.266 e. The van der Waals surface area contributed by atoms with Gasteiger partial charge < -0.3 is 11.5 Å². The first-order valence-corrected chi connectivity index (χ1v) is 8.11. The number of rotatable bonds is 3. The Morgan fingerprint density at radius 2 is 1.70 bits per heavy atom. The molecule has 1 aromatic rings. The summed E-state index contributed by atoms with van der Waals surface area (Å²) in [6.45, 7) is 0. The van der Waals surface area contributed by atoms with E-state index >= 15 is 0 Å². The monoisotopic (exact) mass is 296 g/mol. The second kappa shape index (κ2) is 5.70. The fourth-order valence-electron chi connectivity index (χ4n) is 2.59. The Morgan fingerprint density at radius 1 is 1.15 bits per heavy atom. The number of nitrogens with two attached hydrogens (primary N) is 2. The molecule has 0 saturated heterocycles. The Kier molecular flexibility index (Phi) is 4.17. The standard InChI is InChI=1S/C13H20N4O2S/c14-10-6-8-12(9-7-10)20(18,19)17(13(15)16)11-4-2-1-3-5-11/h6-9,11H,1-5,14H2,(H3,15,16). The first-order chi connectivity index (χ1) is 9.43. The molecule has 7 heteroatoms. The van der Waals surface area contributed by atoms with Crippen molar-refractivity contribution in [2.45, 2.75) is 43.0 Å². The van der Waals surface area contributed by atoms with E-state index in [0.717, 1.165) is 36.4 Å². The van der Waals surface area contributed by atoms with Crippen molar-refractivity contribution in [3.8, 4) is 0 Å². The van der Waals surface area contributed by atoms with Gasteiger partial charge in [-0.1, -0.05) is 19.3 Å². The summed E-state index contributed by atoms with van der Waals surface area (Å²) in [6.07, 6.45) is 4.52. The highest BCUT2D eigenvalue weighted by Gasteiger charge is 2.33. The second-order valence-corrected chi connectivity index (χ2v) is 6.86. The van der Waals surface area contributed by atoms with Crippen molar-refractivity contribution in [1.82, 2.24) is 4.31 Å². The van der Waals surface area contributed by atoms with Crippen LogP contribution in [0.3, 0.4) is 0 Å². The number of benzene rings is 1. The lowest BCUT2D eigenvalue weighted by Crippen LogP contribution is -2.48. The molecule has 1 saturated carbocycles. The van der Waals surface area contributed by atoms with E-state index in [9.17, 15) is 8.42 Å². The molecule has 1 aliphatic rings. The zero-order valence-corrected chi connectivity index (χ0v) is 12.1. The summed E-state index contributed by atoms with van der Waals surface area (Å²) in [5.74, 6) is -0.422. The number of nitrogens with one attached hydrogen (secondary N) is 1. The van der Waals surface area contributed by atoms with Gasteiger partial charge in [-0.3, -0.25) is 5.41 Å². The molecule has 0 radical (unpaired) electrons. The van der Waals surface area contributed by atoms with Gasteiger partial charge in [0.15, 0.2) is 0 Å². The number of nitrogen functional groups attached to an aromatic ring is 1. The van der Waals surface area contributed by atoms with Gasteiger partial charge in [0.2, 0.25) is 5.96 Å². The minimum absolute atomic E-state index is 0.118. The van der Waals surface area contributed by atoms with Crippen LogP contribution in [0.15, 0.2) is 29.2 Å². The molecule has 0 spiro atoms. The quantitative estimate of drug-likeness (QED) is 0.445. The number of hydrogen-bond donors (Lipinski definition) is 3. The normalized spacial score (nSPS) is 16.8. The van der Waals surface area contributed by atoms with E-state index < -0.39 is 16.0 Å². The first-order valence-electron chi connectivity index (χ1n) is 6.67. The first kappa shape index (κ1) is 14.6. The fraction of sp³-hybridized carbons (Fsp3) is 0.462. The third-order valence-electron chi connectivity index (χ3n) is 3.58. The molecular weight excluding hydrogens is 276 g/mol. The number of sulfonamides is 1. The van der Waals surface area contributed by atoms with E-state index in [1.165, 1.54) is 24.3 Å². The van der Waals surface area contributed by atoms with Crippen molar-refractivity contribution in [2.75, 3.05) is 5.73 Å². The van der Waals surface area contributed by atoms with Crippen LogP contribution in [-0.2, 0) is 10.0 Å².